The predicted octanol–water partition coefficient (Wildman–Crippen LogP) is 2.32. The number of hydrogen-bond donors (Lipinski definition) is 0. The minimum absolute atomic E-state index is 0.0955. The van der Waals surface area contributed by atoms with Gasteiger partial charge < -0.3 is 9.32 Å². The first kappa shape index (κ1) is 10.6. The van der Waals surface area contributed by atoms with E-state index in [-0.39, 0.29) is 5.78 Å². The molecule has 1 rings (SSSR count). The first-order valence-electron chi connectivity index (χ1n) is 4.78. The van der Waals surface area contributed by atoms with Crippen molar-refractivity contribution in [2.24, 2.45) is 0 Å². The molecule has 3 heteroatoms. The summed E-state index contributed by atoms with van der Waals surface area (Å²) >= 11 is 0. The molecule has 0 aliphatic heterocycles. The number of ketones is 1. The molecule has 0 bridgehead atoms. The summed E-state index contributed by atoms with van der Waals surface area (Å²) in [5.41, 5.74) is 0. The van der Waals surface area contributed by atoms with Gasteiger partial charge in [-0.1, -0.05) is 0 Å². The lowest BCUT2D eigenvalue weighted by molar-refractivity contribution is 0.102. The van der Waals surface area contributed by atoms with E-state index < -0.39 is 0 Å². The lowest BCUT2D eigenvalue weighted by Gasteiger charge is -2.13. The molecule has 0 aliphatic carbocycles. The topological polar surface area (TPSA) is 33.5 Å². The Hall–Kier alpha value is -1.51. The summed E-state index contributed by atoms with van der Waals surface area (Å²) < 4.78 is 4.98. The maximum atomic E-state index is 11.4. The van der Waals surface area contributed by atoms with E-state index in [2.05, 4.69) is 0 Å². The van der Waals surface area contributed by atoms with Crippen LogP contribution in [0.4, 0.5) is 0 Å². The van der Waals surface area contributed by atoms with E-state index in [1.165, 1.54) is 12.3 Å². The van der Waals surface area contributed by atoms with E-state index >= 15 is 0 Å². The van der Waals surface area contributed by atoms with Crippen LogP contribution in [0.15, 0.2) is 35.1 Å². The van der Waals surface area contributed by atoms with Gasteiger partial charge in [-0.25, -0.2) is 0 Å². The molecule has 0 saturated heterocycles. The zero-order valence-electron chi connectivity index (χ0n) is 8.56. The Bertz CT molecular complexity index is 297. The van der Waals surface area contributed by atoms with Crippen molar-refractivity contribution in [2.45, 2.75) is 13.8 Å². The summed E-state index contributed by atoms with van der Waals surface area (Å²) in [6.45, 7) is 5.90. The Morgan fingerprint density at radius 3 is 2.71 bits per heavy atom. The molecule has 0 atom stereocenters. The number of hydrogen-bond acceptors (Lipinski definition) is 3. The van der Waals surface area contributed by atoms with Crippen LogP contribution in [0.2, 0.25) is 0 Å². The lowest BCUT2D eigenvalue weighted by Crippen LogP contribution is -2.15. The van der Waals surface area contributed by atoms with Gasteiger partial charge in [0.2, 0.25) is 5.78 Å². The monoisotopic (exact) mass is 193 g/mol. The van der Waals surface area contributed by atoms with Crippen LogP contribution in [0, 0.1) is 0 Å². The van der Waals surface area contributed by atoms with E-state index in [9.17, 15) is 4.79 Å². The average Bonchev–Trinajstić information content (AvgIpc) is 2.72. The molecule has 0 saturated carbocycles. The van der Waals surface area contributed by atoms with Crippen LogP contribution in [0.5, 0.6) is 0 Å². The van der Waals surface area contributed by atoms with Gasteiger partial charge in [-0.15, -0.1) is 0 Å². The molecule has 0 aliphatic rings. The summed E-state index contributed by atoms with van der Waals surface area (Å²) in [6.07, 6.45) is 4.83. The third-order valence-electron chi connectivity index (χ3n) is 2.01. The summed E-state index contributed by atoms with van der Waals surface area (Å²) in [7, 11) is 0. The molecule has 0 spiro atoms. The number of carbonyl (C=O) groups excluding carboxylic acids is 1. The van der Waals surface area contributed by atoms with E-state index in [1.54, 1.807) is 18.3 Å². The van der Waals surface area contributed by atoms with Crippen molar-refractivity contribution >= 4 is 5.78 Å². The summed E-state index contributed by atoms with van der Waals surface area (Å²) in [4.78, 5) is 13.5. The molecule has 76 valence electrons. The molecule has 0 N–H and O–H groups in total. The standard InChI is InChI=1S/C11H15NO2/c1-3-12(4-2)8-7-10(13)11-6-5-9-14-11/h5-9H,3-4H2,1-2H3. The summed E-state index contributed by atoms with van der Waals surface area (Å²) in [5.74, 6) is 0.287. The van der Waals surface area contributed by atoms with Crippen molar-refractivity contribution < 1.29 is 9.21 Å². The van der Waals surface area contributed by atoms with E-state index in [1.807, 2.05) is 18.7 Å². The van der Waals surface area contributed by atoms with E-state index in [0.717, 1.165) is 13.1 Å². The highest BCUT2D eigenvalue weighted by atomic mass is 16.3. The minimum Gasteiger partial charge on any atom is -0.461 e. The number of nitrogens with zero attached hydrogens (tertiary/aromatic N) is 1. The third kappa shape index (κ3) is 2.76. The average molecular weight is 193 g/mol. The second kappa shape index (κ2) is 5.27. The summed E-state index contributed by atoms with van der Waals surface area (Å²) in [5, 5.41) is 0. The van der Waals surface area contributed by atoms with Crippen LogP contribution >= 0.6 is 0 Å². The fraction of sp³-hybridized carbons (Fsp3) is 0.364. The predicted molar refractivity (Wildman–Crippen MR) is 55.1 cm³/mol. The number of furan rings is 1. The van der Waals surface area contributed by atoms with Crippen molar-refractivity contribution in [1.29, 1.82) is 0 Å². The molecule has 0 unspecified atom stereocenters. The number of rotatable bonds is 5. The third-order valence-corrected chi connectivity index (χ3v) is 2.01. The van der Waals surface area contributed by atoms with Crippen molar-refractivity contribution in [3.8, 4) is 0 Å². The smallest absolute Gasteiger partial charge is 0.222 e. The van der Waals surface area contributed by atoms with Crippen LogP contribution in [0.1, 0.15) is 24.4 Å². The quantitative estimate of drug-likeness (QED) is 0.531. The SMILES string of the molecule is CCN(C=CC(=O)c1ccco1)CC. The van der Waals surface area contributed by atoms with Crippen molar-refractivity contribution in [3.05, 3.63) is 36.4 Å². The molecule has 0 amide bonds. The van der Waals surface area contributed by atoms with Crippen LogP contribution in [0.3, 0.4) is 0 Å². The largest absolute Gasteiger partial charge is 0.461 e. The van der Waals surface area contributed by atoms with Crippen molar-refractivity contribution in [1.82, 2.24) is 4.90 Å². The molecule has 14 heavy (non-hydrogen) atoms. The molecule has 0 fully saturated rings. The van der Waals surface area contributed by atoms with Crippen LogP contribution in [-0.2, 0) is 0 Å². The molecule has 1 aromatic rings. The lowest BCUT2D eigenvalue weighted by atomic mass is 10.3. The summed E-state index contributed by atoms with van der Waals surface area (Å²) in [6, 6.07) is 3.37. The molecule has 3 nitrogen and oxygen atoms in total. The van der Waals surface area contributed by atoms with Crippen LogP contribution < -0.4 is 0 Å². The number of carbonyl (C=O) groups is 1. The van der Waals surface area contributed by atoms with Gasteiger partial charge in [-0.2, -0.15) is 0 Å². The maximum Gasteiger partial charge on any atom is 0.222 e. The normalized spacial score (nSPS) is 10.7. The minimum atomic E-state index is -0.0955. The van der Waals surface area contributed by atoms with E-state index in [0.29, 0.717) is 5.76 Å². The Morgan fingerprint density at radius 1 is 1.50 bits per heavy atom. The molecular weight excluding hydrogens is 178 g/mol. The molecule has 0 radical (unpaired) electrons. The number of allylic oxidation sites excluding steroid dienone is 1. The Morgan fingerprint density at radius 2 is 2.21 bits per heavy atom. The first-order valence-corrected chi connectivity index (χ1v) is 4.78. The fourth-order valence-corrected chi connectivity index (χ4v) is 1.11. The zero-order valence-corrected chi connectivity index (χ0v) is 8.56. The van der Waals surface area contributed by atoms with Gasteiger partial charge in [0.25, 0.3) is 0 Å². The highest BCUT2D eigenvalue weighted by molar-refractivity contribution is 6.02. The molecule has 1 aromatic heterocycles. The van der Waals surface area contributed by atoms with Crippen molar-refractivity contribution in [3.63, 3.8) is 0 Å². The van der Waals surface area contributed by atoms with Gasteiger partial charge in [0.15, 0.2) is 5.76 Å². The van der Waals surface area contributed by atoms with Gasteiger partial charge in [-0.05, 0) is 26.0 Å². The second-order valence-electron chi connectivity index (χ2n) is 2.88. The molecule has 0 aromatic carbocycles. The highest BCUT2D eigenvalue weighted by Gasteiger charge is 2.03. The second-order valence-corrected chi connectivity index (χ2v) is 2.88. The molecule has 1 heterocycles. The zero-order chi connectivity index (χ0) is 10.4. The van der Waals surface area contributed by atoms with Crippen LogP contribution in [0.25, 0.3) is 0 Å². The highest BCUT2D eigenvalue weighted by Crippen LogP contribution is 2.02. The van der Waals surface area contributed by atoms with E-state index in [4.69, 9.17) is 4.42 Å². The van der Waals surface area contributed by atoms with Gasteiger partial charge in [0, 0.05) is 25.4 Å². The molecular formula is C11H15NO2. The van der Waals surface area contributed by atoms with Gasteiger partial charge >= 0.3 is 0 Å². The first-order chi connectivity index (χ1) is 6.77. The Balaban J connectivity index is 2.56. The Kier molecular flexibility index (Phi) is 3.98. The Labute approximate surface area is 84.0 Å². The van der Waals surface area contributed by atoms with Crippen LogP contribution in [-0.4, -0.2) is 23.8 Å². The van der Waals surface area contributed by atoms with Gasteiger partial charge in [-0.3, -0.25) is 4.79 Å². The van der Waals surface area contributed by atoms with Crippen molar-refractivity contribution in [2.75, 3.05) is 13.1 Å². The van der Waals surface area contributed by atoms with Gasteiger partial charge in [0.1, 0.15) is 0 Å². The fourth-order valence-electron chi connectivity index (χ4n) is 1.11. The maximum absolute atomic E-state index is 11.4. The van der Waals surface area contributed by atoms with Gasteiger partial charge in [0.05, 0.1) is 6.26 Å².